The molecule has 0 spiro atoms. The molecule has 31 heavy (non-hydrogen) atoms. The zero-order valence-electron chi connectivity index (χ0n) is 16.6. The van der Waals surface area contributed by atoms with Crippen LogP contribution in [0.3, 0.4) is 0 Å². The van der Waals surface area contributed by atoms with Crippen molar-refractivity contribution in [2.45, 2.75) is 12.5 Å². The number of aromatic nitrogens is 1. The zero-order chi connectivity index (χ0) is 21.0. The predicted octanol–water partition coefficient (Wildman–Crippen LogP) is 5.07. The zero-order valence-corrected chi connectivity index (χ0v) is 16.6. The van der Waals surface area contributed by atoms with Crippen molar-refractivity contribution in [3.63, 3.8) is 0 Å². The first-order valence-corrected chi connectivity index (χ1v) is 9.95. The summed E-state index contributed by atoms with van der Waals surface area (Å²) in [5.41, 5.74) is 3.30. The molecule has 0 saturated carbocycles. The topological polar surface area (TPSA) is 80.3 Å². The molecule has 2 heterocycles. The van der Waals surface area contributed by atoms with Crippen molar-refractivity contribution in [3.8, 4) is 17.6 Å². The molecule has 1 aromatic heterocycles. The van der Waals surface area contributed by atoms with Crippen molar-refractivity contribution in [1.29, 1.82) is 5.26 Å². The second kappa shape index (κ2) is 8.25. The van der Waals surface area contributed by atoms with Gasteiger partial charge in [0.1, 0.15) is 6.07 Å². The number of oxazole rings is 1. The van der Waals surface area contributed by atoms with E-state index in [9.17, 15) is 5.26 Å². The van der Waals surface area contributed by atoms with Crippen LogP contribution in [0.5, 0.6) is 11.5 Å². The van der Waals surface area contributed by atoms with E-state index in [-0.39, 0.29) is 18.4 Å². The fraction of sp³-hybridized carbons (Fsp3) is 0.120. The molecule has 0 amide bonds. The SMILES string of the molecule is N#Cc1nc(C(c2ccccc2)c2ccccc2)oc1NCc1ccc2c(c1)OCO2. The molecule has 0 unspecified atom stereocenters. The highest BCUT2D eigenvalue weighted by molar-refractivity contribution is 5.50. The maximum Gasteiger partial charge on any atom is 0.232 e. The van der Waals surface area contributed by atoms with Crippen LogP contribution in [0.2, 0.25) is 0 Å². The van der Waals surface area contributed by atoms with Crippen molar-refractivity contribution in [1.82, 2.24) is 4.98 Å². The van der Waals surface area contributed by atoms with Gasteiger partial charge in [0.15, 0.2) is 11.5 Å². The number of nitriles is 1. The molecule has 4 aromatic rings. The van der Waals surface area contributed by atoms with E-state index in [1.165, 1.54) is 0 Å². The van der Waals surface area contributed by atoms with Gasteiger partial charge in [-0.2, -0.15) is 10.2 Å². The first-order valence-electron chi connectivity index (χ1n) is 9.95. The molecule has 1 N–H and O–H groups in total. The van der Waals surface area contributed by atoms with Crippen molar-refractivity contribution < 1.29 is 13.9 Å². The fourth-order valence-corrected chi connectivity index (χ4v) is 3.66. The lowest BCUT2D eigenvalue weighted by atomic mass is 9.91. The quantitative estimate of drug-likeness (QED) is 0.479. The Hall–Kier alpha value is -4.24. The van der Waals surface area contributed by atoms with Gasteiger partial charge in [-0.05, 0) is 28.8 Å². The summed E-state index contributed by atoms with van der Waals surface area (Å²) < 4.78 is 16.9. The van der Waals surface area contributed by atoms with Crippen LogP contribution < -0.4 is 14.8 Å². The van der Waals surface area contributed by atoms with Crippen LogP contribution >= 0.6 is 0 Å². The number of ether oxygens (including phenoxy) is 2. The van der Waals surface area contributed by atoms with Crippen LogP contribution in [0, 0.1) is 11.3 Å². The third kappa shape index (κ3) is 3.81. The van der Waals surface area contributed by atoms with Crippen molar-refractivity contribution in [2.75, 3.05) is 12.1 Å². The molecule has 0 radical (unpaired) electrons. The van der Waals surface area contributed by atoms with Crippen LogP contribution in [0.1, 0.15) is 34.2 Å². The van der Waals surface area contributed by atoms with Crippen LogP contribution in [0.15, 0.2) is 83.3 Å². The van der Waals surface area contributed by atoms with Gasteiger partial charge in [-0.3, -0.25) is 0 Å². The number of hydrogen-bond donors (Lipinski definition) is 1. The number of fused-ring (bicyclic) bond motifs is 1. The first kappa shape index (κ1) is 18.8. The number of nitrogens with zero attached hydrogens (tertiary/aromatic N) is 2. The molecule has 0 saturated heterocycles. The lowest BCUT2D eigenvalue weighted by molar-refractivity contribution is 0.174. The average Bonchev–Trinajstić information content (AvgIpc) is 3.45. The highest BCUT2D eigenvalue weighted by Crippen LogP contribution is 2.35. The standard InChI is InChI=1S/C25H19N3O3/c26-14-20-24(27-15-17-11-12-21-22(13-17)30-16-29-21)31-25(28-20)23(18-7-3-1-4-8-18)19-9-5-2-6-10-19/h1-13,23,27H,15-16H2. The lowest BCUT2D eigenvalue weighted by Gasteiger charge is -2.14. The van der Waals surface area contributed by atoms with E-state index in [2.05, 4.69) is 16.4 Å². The largest absolute Gasteiger partial charge is 0.454 e. The van der Waals surface area contributed by atoms with Gasteiger partial charge in [0.25, 0.3) is 0 Å². The average molecular weight is 409 g/mol. The van der Waals surface area contributed by atoms with E-state index in [0.29, 0.717) is 24.1 Å². The summed E-state index contributed by atoms with van der Waals surface area (Å²) in [4.78, 5) is 4.52. The highest BCUT2D eigenvalue weighted by Gasteiger charge is 2.24. The Kier molecular flexibility index (Phi) is 4.99. The second-order valence-electron chi connectivity index (χ2n) is 7.14. The van der Waals surface area contributed by atoms with Gasteiger partial charge < -0.3 is 19.2 Å². The molecule has 1 aliphatic heterocycles. The molecule has 0 fully saturated rings. The minimum absolute atomic E-state index is 0.212. The smallest absolute Gasteiger partial charge is 0.232 e. The summed E-state index contributed by atoms with van der Waals surface area (Å²) in [6.07, 6.45) is 0. The van der Waals surface area contributed by atoms with Gasteiger partial charge in [-0.25, -0.2) is 0 Å². The maximum atomic E-state index is 9.63. The Labute approximate surface area is 179 Å². The summed E-state index contributed by atoms with van der Waals surface area (Å²) in [7, 11) is 0. The Balaban J connectivity index is 1.45. The van der Waals surface area contributed by atoms with Gasteiger partial charge in [-0.1, -0.05) is 66.7 Å². The van der Waals surface area contributed by atoms with E-state index in [1.807, 2.05) is 78.9 Å². The van der Waals surface area contributed by atoms with E-state index in [0.717, 1.165) is 22.4 Å². The molecule has 3 aromatic carbocycles. The van der Waals surface area contributed by atoms with Crippen molar-refractivity contribution in [3.05, 3.63) is 107 Å². The Morgan fingerprint density at radius 1 is 0.903 bits per heavy atom. The molecule has 6 heteroatoms. The second-order valence-corrected chi connectivity index (χ2v) is 7.14. The van der Waals surface area contributed by atoms with Gasteiger partial charge >= 0.3 is 0 Å². The van der Waals surface area contributed by atoms with Gasteiger partial charge in [0, 0.05) is 6.54 Å². The van der Waals surface area contributed by atoms with Crippen molar-refractivity contribution >= 4 is 5.88 Å². The summed E-state index contributed by atoms with van der Waals surface area (Å²) in [6, 6.07) is 27.9. The Morgan fingerprint density at radius 2 is 1.58 bits per heavy atom. The van der Waals surface area contributed by atoms with Crippen LogP contribution in [-0.2, 0) is 6.54 Å². The third-order valence-corrected chi connectivity index (χ3v) is 5.15. The number of nitrogens with one attached hydrogen (secondary N) is 1. The van der Waals surface area contributed by atoms with Crippen LogP contribution in [-0.4, -0.2) is 11.8 Å². The van der Waals surface area contributed by atoms with E-state index in [1.54, 1.807) is 0 Å². The number of benzene rings is 3. The first-order chi connectivity index (χ1) is 15.3. The van der Waals surface area contributed by atoms with Crippen molar-refractivity contribution in [2.24, 2.45) is 0 Å². The summed E-state index contributed by atoms with van der Waals surface area (Å²) in [5.74, 6) is 2.06. The predicted molar refractivity (Wildman–Crippen MR) is 115 cm³/mol. The molecule has 0 aliphatic carbocycles. The molecule has 5 rings (SSSR count). The molecular weight excluding hydrogens is 390 g/mol. The molecule has 0 bridgehead atoms. The summed E-state index contributed by atoms with van der Waals surface area (Å²) in [5, 5.41) is 12.8. The van der Waals surface area contributed by atoms with E-state index >= 15 is 0 Å². The lowest BCUT2D eigenvalue weighted by Crippen LogP contribution is -2.03. The minimum atomic E-state index is -0.212. The molecule has 0 atom stereocenters. The fourth-order valence-electron chi connectivity index (χ4n) is 3.66. The maximum absolute atomic E-state index is 9.63. The number of hydrogen-bond acceptors (Lipinski definition) is 6. The molecular formula is C25H19N3O3. The molecule has 152 valence electrons. The number of anilines is 1. The third-order valence-electron chi connectivity index (χ3n) is 5.15. The summed E-state index contributed by atoms with van der Waals surface area (Å²) >= 11 is 0. The normalized spacial score (nSPS) is 12.0. The minimum Gasteiger partial charge on any atom is -0.454 e. The Bertz CT molecular complexity index is 1190. The number of rotatable bonds is 6. The molecule has 6 nitrogen and oxygen atoms in total. The van der Waals surface area contributed by atoms with E-state index in [4.69, 9.17) is 13.9 Å². The van der Waals surface area contributed by atoms with Crippen LogP contribution in [0.25, 0.3) is 0 Å². The van der Waals surface area contributed by atoms with Gasteiger partial charge in [0.2, 0.25) is 24.3 Å². The molecule has 1 aliphatic rings. The monoisotopic (exact) mass is 409 g/mol. The highest BCUT2D eigenvalue weighted by atomic mass is 16.7. The Morgan fingerprint density at radius 3 is 2.26 bits per heavy atom. The van der Waals surface area contributed by atoms with Gasteiger partial charge in [0.05, 0.1) is 5.92 Å². The summed E-state index contributed by atoms with van der Waals surface area (Å²) in [6.45, 7) is 0.692. The van der Waals surface area contributed by atoms with Crippen LogP contribution in [0.4, 0.5) is 5.88 Å². The van der Waals surface area contributed by atoms with E-state index < -0.39 is 0 Å². The van der Waals surface area contributed by atoms with Gasteiger partial charge in [-0.15, -0.1) is 0 Å².